The van der Waals surface area contributed by atoms with Crippen molar-refractivity contribution < 1.29 is 4.79 Å². The molecule has 1 heterocycles. The first-order valence-corrected chi connectivity index (χ1v) is 6.35. The molecule has 106 valence electrons. The summed E-state index contributed by atoms with van der Waals surface area (Å²) < 4.78 is 1.31. The number of carbonyl (C=O) groups is 1. The zero-order valence-corrected chi connectivity index (χ0v) is 12.6. The highest BCUT2D eigenvalue weighted by atomic mass is 16.1. The van der Waals surface area contributed by atoms with Gasteiger partial charge >= 0.3 is 0 Å². The molecule has 0 aliphatic heterocycles. The highest BCUT2D eigenvalue weighted by Crippen LogP contribution is 2.09. The van der Waals surface area contributed by atoms with Crippen molar-refractivity contribution in [3.63, 3.8) is 0 Å². The monoisotopic (exact) mass is 265 g/mol. The fourth-order valence-electron chi connectivity index (χ4n) is 1.35. The zero-order valence-electron chi connectivity index (χ0n) is 12.6. The summed E-state index contributed by atoms with van der Waals surface area (Å²) in [6, 6.07) is 0. The number of aryl methyl sites for hydroxylation is 2. The summed E-state index contributed by atoms with van der Waals surface area (Å²) in [5.74, 6) is 1.36. The van der Waals surface area contributed by atoms with Gasteiger partial charge in [-0.2, -0.15) is 0 Å². The molecule has 5 heteroatoms. The van der Waals surface area contributed by atoms with Crippen molar-refractivity contribution in [2.24, 2.45) is 10.9 Å². The number of aromatic nitrogens is 2. The lowest BCUT2D eigenvalue weighted by molar-refractivity contribution is -0.108. The Hall–Kier alpha value is -1.78. The molecule has 0 amide bonds. The highest BCUT2D eigenvalue weighted by Gasteiger charge is 2.09. The van der Waals surface area contributed by atoms with Gasteiger partial charge in [0.1, 0.15) is 17.8 Å². The van der Waals surface area contributed by atoms with Crippen molar-refractivity contribution in [3.05, 3.63) is 21.9 Å². The first kappa shape index (κ1) is 17.2. The largest absolute Gasteiger partial charge is 0.301 e. The Morgan fingerprint density at radius 1 is 1.32 bits per heavy atom. The molecule has 0 spiro atoms. The van der Waals surface area contributed by atoms with Gasteiger partial charge in [-0.3, -0.25) is 14.4 Å². The Labute approximate surface area is 114 Å². The van der Waals surface area contributed by atoms with Crippen LogP contribution in [-0.2, 0) is 11.3 Å². The second-order valence-corrected chi connectivity index (χ2v) is 4.79. The van der Waals surface area contributed by atoms with E-state index in [2.05, 4.69) is 30.7 Å². The number of carbonyl (C=O) groups excluding carboxylic acids is 1. The van der Waals surface area contributed by atoms with E-state index in [4.69, 9.17) is 0 Å². The van der Waals surface area contributed by atoms with Gasteiger partial charge in [0, 0.05) is 6.21 Å². The van der Waals surface area contributed by atoms with Gasteiger partial charge in [0.05, 0.1) is 12.2 Å². The molecular formula is C14H23N3O2. The summed E-state index contributed by atoms with van der Waals surface area (Å²) in [7, 11) is 0. The lowest BCUT2D eigenvalue weighted by Gasteiger charge is -2.08. The molecule has 0 aromatic carbocycles. The Morgan fingerprint density at radius 3 is 2.26 bits per heavy atom. The van der Waals surface area contributed by atoms with E-state index in [1.54, 1.807) is 20.8 Å². The Morgan fingerprint density at radius 2 is 1.84 bits per heavy atom. The molecule has 0 atom stereocenters. The summed E-state index contributed by atoms with van der Waals surface area (Å²) in [6.07, 6.45) is 2.21. The third-order valence-corrected chi connectivity index (χ3v) is 2.03. The first-order chi connectivity index (χ1) is 8.84. The van der Waals surface area contributed by atoms with Crippen LogP contribution < -0.4 is 5.56 Å². The van der Waals surface area contributed by atoms with E-state index in [9.17, 15) is 9.59 Å². The van der Waals surface area contributed by atoms with Crippen LogP contribution in [0.4, 0.5) is 5.69 Å². The second kappa shape index (κ2) is 8.34. The number of rotatable bonds is 3. The van der Waals surface area contributed by atoms with E-state index in [0.29, 0.717) is 23.5 Å². The number of aldehydes is 1. The maximum absolute atomic E-state index is 11.8. The molecule has 0 bridgehead atoms. The summed E-state index contributed by atoms with van der Waals surface area (Å²) in [4.78, 5) is 30.4. The van der Waals surface area contributed by atoms with Gasteiger partial charge in [-0.1, -0.05) is 20.8 Å². The molecule has 0 aliphatic rings. The predicted molar refractivity (Wildman–Crippen MR) is 78.4 cm³/mol. The zero-order chi connectivity index (χ0) is 15.0. The topological polar surface area (TPSA) is 64.3 Å². The van der Waals surface area contributed by atoms with Crippen LogP contribution in [0.15, 0.2) is 9.79 Å². The van der Waals surface area contributed by atoms with Crippen molar-refractivity contribution in [1.29, 1.82) is 0 Å². The van der Waals surface area contributed by atoms with E-state index >= 15 is 0 Å². The maximum atomic E-state index is 11.8. The van der Waals surface area contributed by atoms with E-state index < -0.39 is 0 Å². The third-order valence-electron chi connectivity index (χ3n) is 2.03. The minimum absolute atomic E-state index is 0.0180. The summed E-state index contributed by atoms with van der Waals surface area (Å²) in [5, 5.41) is 0. The van der Waals surface area contributed by atoms with Gasteiger partial charge in [-0.25, -0.2) is 4.98 Å². The second-order valence-electron chi connectivity index (χ2n) is 4.79. The number of nitrogens with zero attached hydrogens (tertiary/aromatic N) is 3. The van der Waals surface area contributed by atoms with Crippen LogP contribution in [0.3, 0.4) is 0 Å². The third kappa shape index (κ3) is 5.59. The molecule has 0 saturated heterocycles. The summed E-state index contributed by atoms with van der Waals surface area (Å²) >= 11 is 0. The molecule has 19 heavy (non-hydrogen) atoms. The first-order valence-electron chi connectivity index (χ1n) is 6.35. The average molecular weight is 265 g/mol. The van der Waals surface area contributed by atoms with Gasteiger partial charge in [-0.15, -0.1) is 0 Å². The van der Waals surface area contributed by atoms with Gasteiger partial charge in [0.25, 0.3) is 5.56 Å². The molecular weight excluding hydrogens is 242 g/mol. The lowest BCUT2D eigenvalue weighted by Crippen LogP contribution is -2.25. The van der Waals surface area contributed by atoms with Crippen molar-refractivity contribution in [3.8, 4) is 0 Å². The highest BCUT2D eigenvalue weighted by molar-refractivity contribution is 5.61. The molecule has 1 aromatic rings. The molecule has 1 aromatic heterocycles. The molecule has 0 fully saturated rings. The minimum atomic E-state index is -0.273. The van der Waals surface area contributed by atoms with E-state index in [1.165, 1.54) is 10.8 Å². The van der Waals surface area contributed by atoms with Crippen LogP contribution in [0.2, 0.25) is 0 Å². The normalized spacial score (nSPS) is 10.5. The number of hydrogen-bond acceptors (Lipinski definition) is 4. The smallest absolute Gasteiger partial charge is 0.280 e. The fourth-order valence-corrected chi connectivity index (χ4v) is 1.35. The average Bonchev–Trinajstić information content (AvgIpc) is 2.29. The van der Waals surface area contributed by atoms with Crippen molar-refractivity contribution >= 4 is 18.2 Å². The Kier molecular flexibility index (Phi) is 7.56. The molecule has 0 saturated carbocycles. The minimum Gasteiger partial charge on any atom is -0.301 e. The maximum Gasteiger partial charge on any atom is 0.280 e. The SMILES string of the molecule is CC(C)C.CC=Nc1c(C)nc(C)n(CC=O)c1=O. The van der Waals surface area contributed by atoms with Crippen LogP contribution in [0.5, 0.6) is 0 Å². The molecule has 0 unspecified atom stereocenters. The predicted octanol–water partition coefficient (Wildman–Crippen LogP) is 2.44. The van der Waals surface area contributed by atoms with E-state index in [1.807, 2.05) is 0 Å². The van der Waals surface area contributed by atoms with Crippen LogP contribution in [0.1, 0.15) is 39.2 Å². The molecule has 5 nitrogen and oxygen atoms in total. The van der Waals surface area contributed by atoms with E-state index in [0.717, 1.165) is 5.92 Å². The number of aliphatic imine (C=N–C) groups is 1. The quantitative estimate of drug-likeness (QED) is 0.623. The molecule has 0 aliphatic carbocycles. The number of hydrogen-bond donors (Lipinski definition) is 0. The van der Waals surface area contributed by atoms with E-state index in [-0.39, 0.29) is 12.1 Å². The molecule has 1 rings (SSSR count). The standard InChI is InChI=1S/C10H13N3O2.C4H10/c1-4-11-9-7(2)12-8(3)13(5-6-14)10(9)15;1-4(2)3/h4,6H,5H2,1-3H3;4H,1-3H3. The van der Waals surface area contributed by atoms with Gasteiger partial charge < -0.3 is 4.79 Å². The van der Waals surface area contributed by atoms with Gasteiger partial charge in [0.15, 0.2) is 0 Å². The summed E-state index contributed by atoms with van der Waals surface area (Å²) in [5.41, 5.74) is 0.605. The molecule has 0 N–H and O–H groups in total. The summed E-state index contributed by atoms with van der Waals surface area (Å²) in [6.45, 7) is 11.7. The van der Waals surface area contributed by atoms with Crippen LogP contribution in [0.25, 0.3) is 0 Å². The van der Waals surface area contributed by atoms with Crippen LogP contribution in [-0.4, -0.2) is 22.1 Å². The Balaban J connectivity index is 0.000000711. The Bertz CT molecular complexity index is 499. The fraction of sp³-hybridized carbons (Fsp3) is 0.571. The van der Waals surface area contributed by atoms with Crippen molar-refractivity contribution in [2.45, 2.75) is 48.1 Å². The lowest BCUT2D eigenvalue weighted by atomic mass is 10.3. The van der Waals surface area contributed by atoms with Crippen molar-refractivity contribution in [1.82, 2.24) is 9.55 Å². The van der Waals surface area contributed by atoms with Crippen molar-refractivity contribution in [2.75, 3.05) is 0 Å². The van der Waals surface area contributed by atoms with Gasteiger partial charge in [0.2, 0.25) is 0 Å². The van der Waals surface area contributed by atoms with Crippen LogP contribution >= 0.6 is 0 Å². The van der Waals surface area contributed by atoms with Crippen LogP contribution in [0, 0.1) is 19.8 Å². The van der Waals surface area contributed by atoms with Gasteiger partial charge in [-0.05, 0) is 26.7 Å². The molecule has 0 radical (unpaired) electrons.